The minimum Gasteiger partial charge on any atom is -0.366 e. The quantitative estimate of drug-likeness (QED) is 0.890. The minimum absolute atomic E-state index is 0.402. The van der Waals surface area contributed by atoms with Crippen LogP contribution in [0.1, 0.15) is 16.8 Å². The molecule has 3 rings (SSSR count). The number of anilines is 1. The topological polar surface area (TPSA) is 71.2 Å². The minimum atomic E-state index is -0.402. The number of hydrogen-bond acceptors (Lipinski definition) is 4. The van der Waals surface area contributed by atoms with Gasteiger partial charge in [0.25, 0.3) is 0 Å². The summed E-state index contributed by atoms with van der Waals surface area (Å²) in [5.41, 5.74) is 6.90. The molecule has 1 aromatic heterocycles. The average molecular weight is 284 g/mol. The number of para-hydroxylation sites is 1. The van der Waals surface area contributed by atoms with Crippen LogP contribution in [0.25, 0.3) is 10.9 Å². The molecule has 5 heteroatoms. The molecule has 0 radical (unpaired) electrons. The Bertz CT molecular complexity index is 670. The van der Waals surface area contributed by atoms with Crippen molar-refractivity contribution in [3.63, 3.8) is 0 Å². The molecular formula is C16H20N4O. The summed E-state index contributed by atoms with van der Waals surface area (Å²) >= 11 is 0. The van der Waals surface area contributed by atoms with Gasteiger partial charge in [0, 0.05) is 18.5 Å². The fraction of sp³-hybridized carbons (Fsp3) is 0.375. The van der Waals surface area contributed by atoms with E-state index in [9.17, 15) is 4.79 Å². The lowest BCUT2D eigenvalue weighted by Crippen LogP contribution is -2.25. The fourth-order valence-corrected chi connectivity index (χ4v) is 3.02. The van der Waals surface area contributed by atoms with E-state index in [0.29, 0.717) is 11.5 Å². The van der Waals surface area contributed by atoms with Crippen molar-refractivity contribution in [2.75, 3.05) is 31.6 Å². The summed E-state index contributed by atoms with van der Waals surface area (Å²) in [6.07, 6.45) is 1.14. The Balaban J connectivity index is 1.98. The monoisotopic (exact) mass is 284 g/mol. The number of rotatable bonds is 4. The van der Waals surface area contributed by atoms with Crippen LogP contribution in [0.3, 0.4) is 0 Å². The molecule has 1 aliphatic heterocycles. The molecule has 0 spiro atoms. The lowest BCUT2D eigenvalue weighted by atomic mass is 10.1. The number of nitrogens with two attached hydrogens (primary N) is 1. The molecule has 0 bridgehead atoms. The Morgan fingerprint density at radius 3 is 3.05 bits per heavy atom. The molecule has 110 valence electrons. The van der Waals surface area contributed by atoms with Gasteiger partial charge in [0.1, 0.15) is 5.82 Å². The average Bonchev–Trinajstić information content (AvgIpc) is 2.95. The van der Waals surface area contributed by atoms with E-state index in [-0.39, 0.29) is 0 Å². The van der Waals surface area contributed by atoms with Crippen molar-refractivity contribution in [3.05, 3.63) is 35.9 Å². The Morgan fingerprint density at radius 1 is 1.48 bits per heavy atom. The van der Waals surface area contributed by atoms with Crippen molar-refractivity contribution < 1.29 is 4.79 Å². The lowest BCUT2D eigenvalue weighted by Gasteiger charge is -2.19. The first-order valence-electron chi connectivity index (χ1n) is 7.28. The van der Waals surface area contributed by atoms with Crippen LogP contribution in [0.15, 0.2) is 30.3 Å². The summed E-state index contributed by atoms with van der Waals surface area (Å²) in [7, 11) is 1.97. The van der Waals surface area contributed by atoms with Crippen molar-refractivity contribution in [3.8, 4) is 0 Å². The number of pyridine rings is 1. The number of aromatic nitrogens is 1. The summed E-state index contributed by atoms with van der Waals surface area (Å²) in [6.45, 7) is 2.94. The summed E-state index contributed by atoms with van der Waals surface area (Å²) in [5.74, 6) is 1.07. The van der Waals surface area contributed by atoms with E-state index in [4.69, 9.17) is 10.7 Å². The Hall–Kier alpha value is -2.14. The van der Waals surface area contributed by atoms with E-state index in [1.807, 2.05) is 37.4 Å². The third kappa shape index (κ3) is 2.69. The highest BCUT2D eigenvalue weighted by Crippen LogP contribution is 2.26. The maximum absolute atomic E-state index is 11.7. The molecular weight excluding hydrogens is 264 g/mol. The van der Waals surface area contributed by atoms with Gasteiger partial charge in [-0.25, -0.2) is 4.98 Å². The zero-order chi connectivity index (χ0) is 14.8. The van der Waals surface area contributed by atoms with E-state index in [2.05, 4.69) is 10.2 Å². The highest BCUT2D eigenvalue weighted by atomic mass is 16.1. The van der Waals surface area contributed by atoms with Crippen LogP contribution in [-0.2, 0) is 0 Å². The SMILES string of the molecule is CNCC1CCN(c2cc(C(N)=O)c3ccccc3n2)C1. The second-order valence-electron chi connectivity index (χ2n) is 5.57. The van der Waals surface area contributed by atoms with Crippen LogP contribution in [0, 0.1) is 5.92 Å². The van der Waals surface area contributed by atoms with Crippen molar-refractivity contribution >= 4 is 22.6 Å². The van der Waals surface area contributed by atoms with E-state index in [0.717, 1.165) is 42.8 Å². The number of benzene rings is 1. The Labute approximate surface area is 124 Å². The second kappa shape index (κ2) is 5.69. The second-order valence-corrected chi connectivity index (χ2v) is 5.57. The predicted molar refractivity (Wildman–Crippen MR) is 84.5 cm³/mol. The zero-order valence-electron chi connectivity index (χ0n) is 12.2. The Morgan fingerprint density at radius 2 is 2.29 bits per heavy atom. The molecule has 1 aliphatic rings. The molecule has 5 nitrogen and oxygen atoms in total. The first-order valence-corrected chi connectivity index (χ1v) is 7.28. The molecule has 1 amide bonds. The number of amides is 1. The van der Waals surface area contributed by atoms with Crippen molar-refractivity contribution in [2.24, 2.45) is 11.7 Å². The largest absolute Gasteiger partial charge is 0.366 e. The molecule has 1 unspecified atom stereocenters. The van der Waals surface area contributed by atoms with Gasteiger partial charge in [-0.2, -0.15) is 0 Å². The van der Waals surface area contributed by atoms with Crippen molar-refractivity contribution in [1.29, 1.82) is 0 Å². The van der Waals surface area contributed by atoms with Gasteiger partial charge in [-0.3, -0.25) is 4.79 Å². The maximum atomic E-state index is 11.7. The van der Waals surface area contributed by atoms with Gasteiger partial charge in [-0.05, 0) is 38.1 Å². The van der Waals surface area contributed by atoms with Gasteiger partial charge in [0.2, 0.25) is 5.91 Å². The summed E-state index contributed by atoms with van der Waals surface area (Å²) < 4.78 is 0. The zero-order valence-corrected chi connectivity index (χ0v) is 12.2. The van der Waals surface area contributed by atoms with Gasteiger partial charge < -0.3 is 16.0 Å². The summed E-state index contributed by atoms with van der Waals surface area (Å²) in [4.78, 5) is 18.6. The van der Waals surface area contributed by atoms with Crippen LogP contribution in [0.4, 0.5) is 5.82 Å². The number of nitrogens with zero attached hydrogens (tertiary/aromatic N) is 2. The molecule has 1 saturated heterocycles. The standard InChI is InChI=1S/C16H20N4O/c1-18-9-11-6-7-20(10-11)15-8-13(16(17)21)12-4-2-3-5-14(12)19-15/h2-5,8,11,18H,6-7,9-10H2,1H3,(H2,17,21). The summed E-state index contributed by atoms with van der Waals surface area (Å²) in [6, 6.07) is 9.46. The van der Waals surface area contributed by atoms with E-state index in [1.54, 1.807) is 0 Å². The van der Waals surface area contributed by atoms with Crippen LogP contribution >= 0.6 is 0 Å². The molecule has 1 aromatic carbocycles. The molecule has 21 heavy (non-hydrogen) atoms. The highest BCUT2D eigenvalue weighted by Gasteiger charge is 2.24. The van der Waals surface area contributed by atoms with Crippen LogP contribution < -0.4 is 16.0 Å². The molecule has 0 saturated carbocycles. The van der Waals surface area contributed by atoms with Crippen LogP contribution in [-0.4, -0.2) is 37.6 Å². The van der Waals surface area contributed by atoms with Crippen LogP contribution in [0.5, 0.6) is 0 Å². The fourth-order valence-electron chi connectivity index (χ4n) is 3.02. The molecule has 1 fully saturated rings. The number of hydrogen-bond donors (Lipinski definition) is 2. The molecule has 3 N–H and O–H groups in total. The third-order valence-electron chi connectivity index (χ3n) is 4.07. The number of carbonyl (C=O) groups excluding carboxylic acids is 1. The maximum Gasteiger partial charge on any atom is 0.249 e. The van der Waals surface area contributed by atoms with Crippen molar-refractivity contribution in [1.82, 2.24) is 10.3 Å². The normalized spacial score (nSPS) is 18.3. The number of nitrogens with one attached hydrogen (secondary N) is 1. The lowest BCUT2D eigenvalue weighted by molar-refractivity contribution is 0.100. The molecule has 2 heterocycles. The highest BCUT2D eigenvalue weighted by molar-refractivity contribution is 6.06. The van der Waals surface area contributed by atoms with E-state index >= 15 is 0 Å². The smallest absolute Gasteiger partial charge is 0.249 e. The van der Waals surface area contributed by atoms with Crippen molar-refractivity contribution in [2.45, 2.75) is 6.42 Å². The molecule has 2 aromatic rings. The predicted octanol–water partition coefficient (Wildman–Crippen LogP) is 1.38. The van der Waals surface area contributed by atoms with E-state index in [1.165, 1.54) is 0 Å². The van der Waals surface area contributed by atoms with Crippen LogP contribution in [0.2, 0.25) is 0 Å². The molecule has 1 atom stereocenters. The first-order chi connectivity index (χ1) is 10.2. The van der Waals surface area contributed by atoms with Gasteiger partial charge in [-0.15, -0.1) is 0 Å². The number of primary amides is 1. The number of carbonyl (C=O) groups is 1. The van der Waals surface area contributed by atoms with Gasteiger partial charge in [-0.1, -0.05) is 18.2 Å². The Kier molecular flexibility index (Phi) is 3.75. The number of fused-ring (bicyclic) bond motifs is 1. The summed E-state index contributed by atoms with van der Waals surface area (Å²) in [5, 5.41) is 4.04. The third-order valence-corrected chi connectivity index (χ3v) is 4.07. The van der Waals surface area contributed by atoms with E-state index < -0.39 is 5.91 Å². The first kappa shape index (κ1) is 13.8. The van der Waals surface area contributed by atoms with Gasteiger partial charge in [0.15, 0.2) is 0 Å². The molecule has 0 aliphatic carbocycles. The van der Waals surface area contributed by atoms with Gasteiger partial charge >= 0.3 is 0 Å². The van der Waals surface area contributed by atoms with Gasteiger partial charge in [0.05, 0.1) is 11.1 Å².